The molecule has 0 aliphatic rings. The quantitative estimate of drug-likeness (QED) is 0.159. The molecule has 0 radical (unpaired) electrons. The molecule has 0 aromatic carbocycles. The van der Waals surface area contributed by atoms with Crippen LogP contribution in [0.25, 0.3) is 0 Å². The van der Waals surface area contributed by atoms with E-state index in [1.54, 1.807) is 0 Å². The third-order valence-electron chi connectivity index (χ3n) is 5.48. The molecule has 0 spiro atoms. The molecule has 0 amide bonds. The van der Waals surface area contributed by atoms with E-state index in [0.717, 1.165) is 38.5 Å². The topological polar surface area (TPSA) is 74.6 Å². The molecule has 4 nitrogen and oxygen atoms in total. The molecule has 0 bridgehead atoms. The summed E-state index contributed by atoms with van der Waals surface area (Å²) in [6.45, 7) is 4.35. The normalized spacial score (nSPS) is 10.8. The zero-order valence-electron chi connectivity index (χ0n) is 17.2. The molecule has 0 aromatic heterocycles. The molecule has 0 saturated heterocycles. The molecular weight excluding hydrogens is 390 g/mol. The van der Waals surface area contributed by atoms with Gasteiger partial charge in [-0.1, -0.05) is 110 Å². The van der Waals surface area contributed by atoms with Gasteiger partial charge in [-0.2, -0.15) is 0 Å². The Morgan fingerprint density at radius 1 is 0.571 bits per heavy atom. The molecule has 0 aliphatic heterocycles. The van der Waals surface area contributed by atoms with E-state index in [-0.39, 0.29) is 93.8 Å². The summed E-state index contributed by atoms with van der Waals surface area (Å²) in [6, 6.07) is 0. The van der Waals surface area contributed by atoms with Crippen LogP contribution in [0.4, 0.5) is 0 Å². The maximum atomic E-state index is 11.7. The van der Waals surface area contributed by atoms with Gasteiger partial charge < -0.3 is 10.2 Å². The van der Waals surface area contributed by atoms with Crippen LogP contribution in [-0.2, 0) is 9.59 Å². The van der Waals surface area contributed by atoms with Crippen molar-refractivity contribution >= 4 is 92.9 Å². The Balaban J connectivity index is -0.00000312. The molecule has 0 aromatic rings. The minimum atomic E-state index is -1.58. The third kappa shape index (κ3) is 16.3. The number of rotatable bonds is 19. The number of carboxylic acid groups (broad SMARTS) is 2. The van der Waals surface area contributed by atoms with E-state index >= 15 is 0 Å². The van der Waals surface area contributed by atoms with Gasteiger partial charge in [-0.15, -0.1) is 0 Å². The van der Waals surface area contributed by atoms with Crippen molar-refractivity contribution in [2.45, 2.75) is 123 Å². The maximum absolute atomic E-state index is 11.7. The first-order valence-corrected chi connectivity index (χ1v) is 11.0. The van der Waals surface area contributed by atoms with Gasteiger partial charge in [-0.05, 0) is 12.8 Å². The molecule has 0 heterocycles. The second-order valence-electron chi connectivity index (χ2n) is 7.79. The molecule has 6 heteroatoms. The van der Waals surface area contributed by atoms with Crippen molar-refractivity contribution in [2.24, 2.45) is 5.41 Å². The Morgan fingerprint density at radius 3 is 1.07 bits per heavy atom. The van der Waals surface area contributed by atoms with Gasteiger partial charge in [0.25, 0.3) is 0 Å². The molecule has 0 aliphatic carbocycles. The Morgan fingerprint density at radius 2 is 0.821 bits per heavy atom. The number of unbranched alkanes of at least 4 members (excludes halogenated alkanes) is 13. The average Bonchev–Trinajstić information content (AvgIpc) is 2.60. The minimum absolute atomic E-state index is 0. The van der Waals surface area contributed by atoms with Crippen LogP contribution in [0.2, 0.25) is 0 Å². The number of carboxylic acids is 2. The third-order valence-corrected chi connectivity index (χ3v) is 5.48. The van der Waals surface area contributed by atoms with Crippen molar-refractivity contribution in [3.63, 3.8) is 0 Å². The SMILES string of the molecule is CCCCCCCCCCCCC(CCCCCCC)(C(=O)O)C(=O)O.[KH].[NaH]. The van der Waals surface area contributed by atoms with Crippen molar-refractivity contribution in [2.75, 3.05) is 0 Å². The van der Waals surface area contributed by atoms with Crippen molar-refractivity contribution < 1.29 is 19.8 Å². The van der Waals surface area contributed by atoms with Gasteiger partial charge in [0.15, 0.2) is 5.41 Å². The summed E-state index contributed by atoms with van der Waals surface area (Å²) in [5.74, 6) is -2.31. The molecule has 0 rings (SSSR count). The summed E-state index contributed by atoms with van der Waals surface area (Å²) in [7, 11) is 0. The summed E-state index contributed by atoms with van der Waals surface area (Å²) in [6.07, 6.45) is 17.1. The standard InChI is InChI=1S/C22H42O4.K.Na.2H/c1-3-5-7-9-10-11-12-13-15-17-19-22(20(23)24,21(25)26)18-16-14-8-6-4-2;;;;/h3-19H2,1-2H3,(H,23,24)(H,25,26);;;;. The fraction of sp³-hybridized carbons (Fsp3) is 0.909. The monoisotopic (exact) mass is 434 g/mol. The zero-order chi connectivity index (χ0) is 19.7. The molecule has 158 valence electrons. The Bertz CT molecular complexity index is 364. The zero-order valence-corrected chi connectivity index (χ0v) is 17.2. The Labute approximate surface area is 238 Å². The van der Waals surface area contributed by atoms with Gasteiger partial charge >= 0.3 is 92.9 Å². The van der Waals surface area contributed by atoms with Gasteiger partial charge in [0.05, 0.1) is 0 Å². The van der Waals surface area contributed by atoms with Gasteiger partial charge in [0.2, 0.25) is 0 Å². The Hall–Kier alpha value is 1.58. The molecule has 0 unspecified atom stereocenters. The molecule has 0 atom stereocenters. The molecule has 2 N–H and O–H groups in total. The van der Waals surface area contributed by atoms with Crippen LogP contribution in [0.3, 0.4) is 0 Å². The first kappa shape index (κ1) is 34.2. The van der Waals surface area contributed by atoms with E-state index < -0.39 is 17.4 Å². The molecule has 0 saturated carbocycles. The fourth-order valence-corrected chi connectivity index (χ4v) is 3.59. The first-order chi connectivity index (χ1) is 12.5. The van der Waals surface area contributed by atoms with Crippen LogP contribution >= 0.6 is 0 Å². The van der Waals surface area contributed by atoms with Crippen molar-refractivity contribution in [3.05, 3.63) is 0 Å². The molecular formula is C22H44KNaO4. The molecule has 28 heavy (non-hydrogen) atoms. The van der Waals surface area contributed by atoms with Gasteiger partial charge in [-0.25, -0.2) is 0 Å². The van der Waals surface area contributed by atoms with Crippen LogP contribution in [0, 0.1) is 5.41 Å². The van der Waals surface area contributed by atoms with E-state index in [2.05, 4.69) is 13.8 Å². The summed E-state index contributed by atoms with van der Waals surface area (Å²) < 4.78 is 0. The van der Waals surface area contributed by atoms with Gasteiger partial charge in [0, 0.05) is 0 Å². The van der Waals surface area contributed by atoms with E-state index in [4.69, 9.17) is 0 Å². The number of hydrogen-bond acceptors (Lipinski definition) is 2. The average molecular weight is 435 g/mol. The fourth-order valence-electron chi connectivity index (χ4n) is 3.59. The summed E-state index contributed by atoms with van der Waals surface area (Å²) in [4.78, 5) is 23.4. The summed E-state index contributed by atoms with van der Waals surface area (Å²) >= 11 is 0. The Kier molecular flexibility index (Phi) is 28.4. The molecule has 0 fully saturated rings. The van der Waals surface area contributed by atoms with Crippen LogP contribution in [0.5, 0.6) is 0 Å². The predicted octanol–water partition coefficient (Wildman–Crippen LogP) is 5.52. The summed E-state index contributed by atoms with van der Waals surface area (Å²) in [5, 5.41) is 19.1. The van der Waals surface area contributed by atoms with Crippen molar-refractivity contribution in [1.82, 2.24) is 0 Å². The second kappa shape index (κ2) is 23.2. The van der Waals surface area contributed by atoms with Gasteiger partial charge in [0.1, 0.15) is 0 Å². The van der Waals surface area contributed by atoms with Crippen LogP contribution in [0.15, 0.2) is 0 Å². The van der Waals surface area contributed by atoms with E-state index in [0.29, 0.717) is 12.8 Å². The van der Waals surface area contributed by atoms with Crippen LogP contribution in [0.1, 0.15) is 123 Å². The summed E-state index contributed by atoms with van der Waals surface area (Å²) in [5.41, 5.74) is -1.58. The van der Waals surface area contributed by atoms with E-state index in [1.807, 2.05) is 0 Å². The predicted molar refractivity (Wildman–Crippen MR) is 122 cm³/mol. The first-order valence-electron chi connectivity index (χ1n) is 11.0. The number of aliphatic carboxylic acids is 2. The second-order valence-corrected chi connectivity index (χ2v) is 7.79. The number of carbonyl (C=O) groups is 2. The van der Waals surface area contributed by atoms with Crippen molar-refractivity contribution in [1.29, 1.82) is 0 Å². The van der Waals surface area contributed by atoms with Crippen LogP contribution < -0.4 is 0 Å². The van der Waals surface area contributed by atoms with Crippen molar-refractivity contribution in [3.8, 4) is 0 Å². The number of hydrogen-bond donors (Lipinski definition) is 2. The van der Waals surface area contributed by atoms with E-state index in [9.17, 15) is 19.8 Å². The van der Waals surface area contributed by atoms with Gasteiger partial charge in [-0.3, -0.25) is 9.59 Å². The van der Waals surface area contributed by atoms with E-state index in [1.165, 1.54) is 44.9 Å². The van der Waals surface area contributed by atoms with Crippen LogP contribution in [-0.4, -0.2) is 103 Å².